The van der Waals surface area contributed by atoms with Crippen LogP contribution in [-0.2, 0) is 4.79 Å². The van der Waals surface area contributed by atoms with Crippen LogP contribution in [0.3, 0.4) is 0 Å². The van der Waals surface area contributed by atoms with Crippen molar-refractivity contribution in [2.24, 2.45) is 5.73 Å². The van der Waals surface area contributed by atoms with Crippen molar-refractivity contribution in [2.45, 2.75) is 16.7 Å². The minimum absolute atomic E-state index is 0.371. The third kappa shape index (κ3) is 3.61. The number of nitrogens with two attached hydrogens (primary N) is 1. The molecule has 2 rings (SSSR count). The molecule has 0 unspecified atom stereocenters. The standard InChI is InChI=1S/C15H13NO3S/c1-10(17)19-11-5-4-6-12(9-11)20-14-8-3-2-7-13(14)15(16)18/h2-9H,1H3,(H2,16,18). The van der Waals surface area contributed by atoms with Gasteiger partial charge in [-0.3, -0.25) is 9.59 Å². The number of primary amides is 1. The number of hydrogen-bond acceptors (Lipinski definition) is 4. The second kappa shape index (κ2) is 6.25. The van der Waals surface area contributed by atoms with E-state index in [0.29, 0.717) is 11.3 Å². The lowest BCUT2D eigenvalue weighted by Crippen LogP contribution is -2.11. The molecule has 0 aliphatic heterocycles. The van der Waals surface area contributed by atoms with Gasteiger partial charge in [-0.2, -0.15) is 0 Å². The van der Waals surface area contributed by atoms with E-state index >= 15 is 0 Å². The Morgan fingerprint density at radius 2 is 1.85 bits per heavy atom. The van der Waals surface area contributed by atoms with Crippen molar-refractivity contribution in [1.29, 1.82) is 0 Å². The number of amides is 1. The predicted octanol–water partition coefficient (Wildman–Crippen LogP) is 2.86. The molecule has 0 spiro atoms. The summed E-state index contributed by atoms with van der Waals surface area (Å²) in [6.45, 7) is 1.35. The number of rotatable bonds is 4. The highest BCUT2D eigenvalue weighted by molar-refractivity contribution is 7.99. The predicted molar refractivity (Wildman–Crippen MR) is 76.8 cm³/mol. The van der Waals surface area contributed by atoms with Gasteiger partial charge in [-0.15, -0.1) is 0 Å². The molecule has 0 aliphatic carbocycles. The number of carbonyl (C=O) groups excluding carboxylic acids is 2. The van der Waals surface area contributed by atoms with Crippen LogP contribution in [0.15, 0.2) is 58.3 Å². The molecule has 0 bridgehead atoms. The Morgan fingerprint density at radius 1 is 1.10 bits per heavy atom. The van der Waals surface area contributed by atoms with E-state index in [1.54, 1.807) is 30.3 Å². The number of esters is 1. The number of benzene rings is 2. The van der Waals surface area contributed by atoms with Gasteiger partial charge < -0.3 is 10.5 Å². The summed E-state index contributed by atoms with van der Waals surface area (Å²) in [5.74, 6) is -0.368. The quantitative estimate of drug-likeness (QED) is 0.693. The zero-order valence-corrected chi connectivity index (χ0v) is 11.6. The summed E-state index contributed by atoms with van der Waals surface area (Å²) in [4.78, 5) is 23.9. The molecule has 0 fully saturated rings. The summed E-state index contributed by atoms with van der Waals surface area (Å²) in [5, 5.41) is 0. The summed E-state index contributed by atoms with van der Waals surface area (Å²) in [6.07, 6.45) is 0. The van der Waals surface area contributed by atoms with Crippen LogP contribution >= 0.6 is 11.8 Å². The van der Waals surface area contributed by atoms with Crippen molar-refractivity contribution < 1.29 is 14.3 Å². The van der Waals surface area contributed by atoms with Gasteiger partial charge in [0, 0.05) is 16.7 Å². The lowest BCUT2D eigenvalue weighted by molar-refractivity contribution is -0.131. The molecule has 0 aliphatic rings. The lowest BCUT2D eigenvalue weighted by Gasteiger charge is -2.07. The van der Waals surface area contributed by atoms with Gasteiger partial charge in [0.25, 0.3) is 0 Å². The molecule has 0 radical (unpaired) electrons. The molecule has 0 heterocycles. The van der Waals surface area contributed by atoms with E-state index in [2.05, 4.69) is 0 Å². The molecular formula is C15H13NO3S. The SMILES string of the molecule is CC(=O)Oc1cccc(Sc2ccccc2C(N)=O)c1. The Hall–Kier alpha value is -2.27. The number of hydrogen-bond donors (Lipinski definition) is 1. The summed E-state index contributed by atoms with van der Waals surface area (Å²) >= 11 is 1.39. The van der Waals surface area contributed by atoms with Crippen LogP contribution in [0.1, 0.15) is 17.3 Å². The fraction of sp³-hybridized carbons (Fsp3) is 0.0667. The van der Waals surface area contributed by atoms with Gasteiger partial charge >= 0.3 is 5.97 Å². The van der Waals surface area contributed by atoms with Gasteiger partial charge in [-0.05, 0) is 30.3 Å². The highest BCUT2D eigenvalue weighted by Gasteiger charge is 2.09. The first-order chi connectivity index (χ1) is 9.56. The van der Waals surface area contributed by atoms with E-state index in [9.17, 15) is 9.59 Å². The van der Waals surface area contributed by atoms with E-state index in [1.165, 1.54) is 18.7 Å². The Balaban J connectivity index is 2.26. The van der Waals surface area contributed by atoms with Gasteiger partial charge in [0.05, 0.1) is 5.56 Å². The maximum absolute atomic E-state index is 11.4. The van der Waals surface area contributed by atoms with Crippen molar-refractivity contribution in [1.82, 2.24) is 0 Å². The van der Waals surface area contributed by atoms with Crippen LogP contribution in [0, 0.1) is 0 Å². The molecule has 2 N–H and O–H groups in total. The zero-order chi connectivity index (χ0) is 14.5. The van der Waals surface area contributed by atoms with Crippen molar-refractivity contribution in [3.05, 3.63) is 54.1 Å². The largest absolute Gasteiger partial charge is 0.427 e. The molecule has 20 heavy (non-hydrogen) atoms. The smallest absolute Gasteiger partial charge is 0.308 e. The van der Waals surface area contributed by atoms with Crippen molar-refractivity contribution in [3.63, 3.8) is 0 Å². The van der Waals surface area contributed by atoms with Gasteiger partial charge in [0.15, 0.2) is 0 Å². The average Bonchev–Trinajstić information content (AvgIpc) is 2.38. The topological polar surface area (TPSA) is 69.4 Å². The monoisotopic (exact) mass is 287 g/mol. The van der Waals surface area contributed by atoms with Crippen molar-refractivity contribution in [3.8, 4) is 5.75 Å². The Kier molecular flexibility index (Phi) is 4.42. The molecular weight excluding hydrogens is 274 g/mol. The molecule has 0 atom stereocenters. The van der Waals surface area contributed by atoms with Crippen molar-refractivity contribution >= 4 is 23.6 Å². The van der Waals surface area contributed by atoms with Gasteiger partial charge in [0.2, 0.25) is 5.91 Å². The van der Waals surface area contributed by atoms with E-state index in [-0.39, 0.29) is 5.97 Å². The van der Waals surface area contributed by atoms with E-state index in [4.69, 9.17) is 10.5 Å². The van der Waals surface area contributed by atoms with E-state index in [1.807, 2.05) is 18.2 Å². The fourth-order valence-electron chi connectivity index (χ4n) is 1.65. The summed E-state index contributed by atoms with van der Waals surface area (Å²) in [5.41, 5.74) is 5.81. The minimum Gasteiger partial charge on any atom is -0.427 e. The van der Waals surface area contributed by atoms with E-state index < -0.39 is 5.91 Å². The lowest BCUT2D eigenvalue weighted by atomic mass is 10.2. The van der Waals surface area contributed by atoms with Crippen LogP contribution < -0.4 is 10.5 Å². The highest BCUT2D eigenvalue weighted by Crippen LogP contribution is 2.32. The average molecular weight is 287 g/mol. The maximum Gasteiger partial charge on any atom is 0.308 e. The van der Waals surface area contributed by atoms with E-state index in [0.717, 1.165) is 9.79 Å². The van der Waals surface area contributed by atoms with Gasteiger partial charge in [0.1, 0.15) is 5.75 Å². The fourth-order valence-corrected chi connectivity index (χ4v) is 2.65. The number of ether oxygens (including phenoxy) is 1. The first-order valence-electron chi connectivity index (χ1n) is 5.91. The summed E-state index contributed by atoms with van der Waals surface area (Å²) < 4.78 is 5.03. The Morgan fingerprint density at radius 3 is 2.55 bits per heavy atom. The third-order valence-electron chi connectivity index (χ3n) is 2.45. The minimum atomic E-state index is -0.468. The zero-order valence-electron chi connectivity index (χ0n) is 10.8. The molecule has 2 aromatic rings. The third-order valence-corrected chi connectivity index (χ3v) is 3.51. The van der Waals surface area contributed by atoms with Crippen molar-refractivity contribution in [2.75, 3.05) is 0 Å². The molecule has 0 saturated heterocycles. The van der Waals surface area contributed by atoms with Crippen LogP contribution in [0.25, 0.3) is 0 Å². The first kappa shape index (κ1) is 14.1. The maximum atomic E-state index is 11.4. The van der Waals surface area contributed by atoms with Crippen LogP contribution in [0.2, 0.25) is 0 Å². The van der Waals surface area contributed by atoms with Gasteiger partial charge in [-0.25, -0.2) is 0 Å². The van der Waals surface area contributed by atoms with Crippen LogP contribution in [0.5, 0.6) is 5.75 Å². The second-order valence-electron chi connectivity index (χ2n) is 4.03. The van der Waals surface area contributed by atoms with Crippen LogP contribution in [-0.4, -0.2) is 11.9 Å². The normalized spacial score (nSPS) is 10.1. The Bertz CT molecular complexity index is 655. The molecule has 1 amide bonds. The molecule has 2 aromatic carbocycles. The molecule has 0 saturated carbocycles. The second-order valence-corrected chi connectivity index (χ2v) is 5.15. The molecule has 102 valence electrons. The highest BCUT2D eigenvalue weighted by atomic mass is 32.2. The molecule has 4 nitrogen and oxygen atoms in total. The Labute approximate surface area is 120 Å². The number of carbonyl (C=O) groups is 2. The molecule has 0 aromatic heterocycles. The summed E-state index contributed by atoms with van der Waals surface area (Å²) in [7, 11) is 0. The summed E-state index contributed by atoms with van der Waals surface area (Å²) in [6, 6.07) is 14.2. The van der Waals surface area contributed by atoms with Gasteiger partial charge in [-0.1, -0.05) is 30.0 Å². The molecule has 5 heteroatoms. The first-order valence-corrected chi connectivity index (χ1v) is 6.73. The van der Waals surface area contributed by atoms with Crippen LogP contribution in [0.4, 0.5) is 0 Å².